The molecule has 2 aliphatic rings. The van der Waals surface area contributed by atoms with Gasteiger partial charge < -0.3 is 9.47 Å². The predicted molar refractivity (Wildman–Crippen MR) is 132 cm³/mol. The van der Waals surface area contributed by atoms with Gasteiger partial charge in [-0.05, 0) is 69.6 Å². The second-order valence-electron chi connectivity index (χ2n) is 9.82. The number of carbonyl (C=O) groups is 1. The normalized spacial score (nSPS) is 22.0. The van der Waals surface area contributed by atoms with Crippen LogP contribution in [0.2, 0.25) is 0 Å². The molecule has 4 heteroatoms. The summed E-state index contributed by atoms with van der Waals surface area (Å²) in [4.78, 5) is 20.5. The number of fused-ring (bicyclic) bond motifs is 1. The summed E-state index contributed by atoms with van der Waals surface area (Å²) < 4.78 is 2.32. The Hall–Kier alpha value is -2.28. The second kappa shape index (κ2) is 10.6. The van der Waals surface area contributed by atoms with E-state index < -0.39 is 0 Å². The lowest BCUT2D eigenvalue weighted by Gasteiger charge is -2.34. The number of amides is 1. The minimum Gasteiger partial charge on any atom is -0.340 e. The first-order valence-electron chi connectivity index (χ1n) is 12.9. The number of aromatic nitrogens is 2. The van der Waals surface area contributed by atoms with E-state index in [1.165, 1.54) is 51.4 Å². The highest BCUT2D eigenvalue weighted by Crippen LogP contribution is 2.38. The molecule has 1 amide bonds. The minimum atomic E-state index is 0.287. The molecule has 0 atom stereocenters. The summed E-state index contributed by atoms with van der Waals surface area (Å²) >= 11 is 0. The maximum absolute atomic E-state index is 13.3. The zero-order valence-electron chi connectivity index (χ0n) is 20.0. The topological polar surface area (TPSA) is 38.1 Å². The summed E-state index contributed by atoms with van der Waals surface area (Å²) in [6.07, 6.45) is 18.6. The molecule has 2 aromatic rings. The van der Waals surface area contributed by atoms with E-state index in [1.807, 2.05) is 12.1 Å². The first-order valence-corrected chi connectivity index (χ1v) is 12.9. The molecule has 0 bridgehead atoms. The summed E-state index contributed by atoms with van der Waals surface area (Å²) in [5, 5.41) is 0. The molecule has 0 radical (unpaired) electrons. The summed E-state index contributed by atoms with van der Waals surface area (Å²) in [6, 6.07) is 6.53. The number of terminal acetylenes is 1. The number of rotatable bonds is 7. The number of imidazole rings is 1. The van der Waals surface area contributed by atoms with E-state index in [-0.39, 0.29) is 5.91 Å². The van der Waals surface area contributed by atoms with E-state index in [4.69, 9.17) is 11.4 Å². The van der Waals surface area contributed by atoms with Crippen molar-refractivity contribution in [2.24, 2.45) is 5.92 Å². The number of nitrogens with zero attached hydrogens (tertiary/aromatic N) is 3. The largest absolute Gasteiger partial charge is 0.340 e. The van der Waals surface area contributed by atoms with Gasteiger partial charge in [0.2, 0.25) is 5.91 Å². The third-order valence-electron chi connectivity index (χ3n) is 7.96. The molecule has 4 rings (SSSR count). The fourth-order valence-electron chi connectivity index (χ4n) is 5.99. The van der Waals surface area contributed by atoms with Crippen molar-refractivity contribution in [2.75, 3.05) is 6.54 Å². The van der Waals surface area contributed by atoms with Crippen LogP contribution >= 0.6 is 0 Å². The van der Waals surface area contributed by atoms with Crippen LogP contribution in [0.5, 0.6) is 0 Å². The monoisotopic (exact) mass is 433 g/mol. The quantitative estimate of drug-likeness (QED) is 0.482. The lowest BCUT2D eigenvalue weighted by Crippen LogP contribution is -2.41. The van der Waals surface area contributed by atoms with Crippen molar-refractivity contribution in [1.29, 1.82) is 0 Å². The zero-order valence-corrected chi connectivity index (χ0v) is 20.0. The van der Waals surface area contributed by atoms with E-state index >= 15 is 0 Å². The smallest absolute Gasteiger partial charge is 0.224 e. The van der Waals surface area contributed by atoms with Gasteiger partial charge in [-0.1, -0.05) is 38.5 Å². The highest BCUT2D eigenvalue weighted by atomic mass is 16.2. The molecule has 2 aliphatic carbocycles. The van der Waals surface area contributed by atoms with Crippen LogP contribution < -0.4 is 0 Å². The maximum Gasteiger partial charge on any atom is 0.224 e. The van der Waals surface area contributed by atoms with Gasteiger partial charge in [-0.15, -0.1) is 6.42 Å². The van der Waals surface area contributed by atoms with E-state index in [9.17, 15) is 4.79 Å². The number of benzene rings is 1. The third kappa shape index (κ3) is 4.87. The van der Waals surface area contributed by atoms with Crippen molar-refractivity contribution in [3.8, 4) is 12.3 Å². The van der Waals surface area contributed by atoms with Crippen LogP contribution in [0, 0.1) is 18.3 Å². The lowest BCUT2D eigenvalue weighted by atomic mass is 9.80. The van der Waals surface area contributed by atoms with Crippen LogP contribution in [0.3, 0.4) is 0 Å². The molecule has 0 unspecified atom stereocenters. The van der Waals surface area contributed by atoms with Crippen molar-refractivity contribution in [2.45, 2.75) is 103 Å². The van der Waals surface area contributed by atoms with Gasteiger partial charge in [-0.25, -0.2) is 4.98 Å². The maximum atomic E-state index is 13.3. The van der Waals surface area contributed by atoms with E-state index in [1.54, 1.807) is 0 Å². The Bertz CT molecular complexity index is 955. The minimum absolute atomic E-state index is 0.287. The van der Waals surface area contributed by atoms with Crippen molar-refractivity contribution >= 4 is 16.9 Å². The Morgan fingerprint density at radius 1 is 1.12 bits per heavy atom. The summed E-state index contributed by atoms with van der Waals surface area (Å²) in [5.74, 6) is 5.55. The summed E-state index contributed by atoms with van der Waals surface area (Å²) in [7, 11) is 0. The Kier molecular flexibility index (Phi) is 7.55. The number of aryl methyl sites for hydroxylation is 1. The van der Waals surface area contributed by atoms with Gasteiger partial charge in [0.1, 0.15) is 5.82 Å². The molecule has 1 heterocycles. The van der Waals surface area contributed by atoms with Gasteiger partial charge >= 0.3 is 0 Å². The lowest BCUT2D eigenvalue weighted by molar-refractivity contribution is -0.134. The van der Waals surface area contributed by atoms with E-state index in [0.717, 1.165) is 47.7 Å². The Morgan fingerprint density at radius 2 is 1.88 bits per heavy atom. The first-order chi connectivity index (χ1) is 15.6. The third-order valence-corrected chi connectivity index (χ3v) is 7.96. The molecule has 4 nitrogen and oxygen atoms in total. The van der Waals surface area contributed by atoms with Crippen molar-refractivity contribution in [1.82, 2.24) is 14.5 Å². The second-order valence-corrected chi connectivity index (χ2v) is 9.82. The van der Waals surface area contributed by atoms with E-state index in [2.05, 4.69) is 35.3 Å². The molecular formula is C28H39N3O. The molecule has 1 aromatic carbocycles. The molecular weight excluding hydrogens is 394 g/mol. The zero-order chi connectivity index (χ0) is 22.5. The fraction of sp³-hybridized carbons (Fsp3) is 0.643. The standard InChI is InChI=1S/C28H39N3O/c1-4-21-12-15-23(16-13-21)28-29-25-17-14-22(5-2)20-26(25)31(28)19-18-27(32)30(6-3)24-10-8-7-9-11-24/h2,14,17,20-21,23-24H,4,6-13,15-16,18-19H2,1,3H3. The van der Waals surface area contributed by atoms with Crippen LogP contribution in [0.15, 0.2) is 18.2 Å². The number of hydrogen-bond donors (Lipinski definition) is 0. The van der Waals surface area contributed by atoms with Crippen molar-refractivity contribution < 1.29 is 4.79 Å². The Labute approximate surface area is 193 Å². The van der Waals surface area contributed by atoms with Crippen molar-refractivity contribution in [3.63, 3.8) is 0 Å². The van der Waals surface area contributed by atoms with Gasteiger partial charge in [-0.3, -0.25) is 4.79 Å². The average molecular weight is 434 g/mol. The molecule has 0 spiro atoms. The number of hydrogen-bond acceptors (Lipinski definition) is 2. The highest BCUT2D eigenvalue weighted by Gasteiger charge is 2.28. The van der Waals surface area contributed by atoms with Crippen LogP contribution in [0.1, 0.15) is 102 Å². The molecule has 2 fully saturated rings. The molecule has 172 valence electrons. The summed E-state index contributed by atoms with van der Waals surface area (Å²) in [5.41, 5.74) is 2.97. The van der Waals surface area contributed by atoms with Gasteiger partial charge in [0.05, 0.1) is 11.0 Å². The Morgan fingerprint density at radius 3 is 2.53 bits per heavy atom. The number of carbonyl (C=O) groups excluding carboxylic acids is 1. The van der Waals surface area contributed by atoms with E-state index in [0.29, 0.717) is 24.9 Å². The van der Waals surface area contributed by atoms with Gasteiger partial charge in [-0.2, -0.15) is 0 Å². The summed E-state index contributed by atoms with van der Waals surface area (Å²) in [6.45, 7) is 5.92. The van der Waals surface area contributed by atoms with Crippen LogP contribution in [-0.2, 0) is 11.3 Å². The molecule has 0 saturated heterocycles. The fourth-order valence-corrected chi connectivity index (χ4v) is 5.99. The average Bonchev–Trinajstić information content (AvgIpc) is 3.21. The van der Waals surface area contributed by atoms with Crippen molar-refractivity contribution in [3.05, 3.63) is 29.6 Å². The molecule has 0 aliphatic heterocycles. The molecule has 1 aromatic heterocycles. The van der Waals surface area contributed by atoms with Gasteiger partial charge in [0.25, 0.3) is 0 Å². The molecule has 2 saturated carbocycles. The van der Waals surface area contributed by atoms with Crippen LogP contribution in [-0.4, -0.2) is 32.9 Å². The van der Waals surface area contributed by atoms with Crippen LogP contribution in [0.4, 0.5) is 0 Å². The first kappa shape index (κ1) is 22.9. The highest BCUT2D eigenvalue weighted by molar-refractivity contribution is 5.79. The Balaban J connectivity index is 1.57. The van der Waals surface area contributed by atoms with Gasteiger partial charge in [0.15, 0.2) is 0 Å². The molecule has 32 heavy (non-hydrogen) atoms. The molecule has 0 N–H and O–H groups in total. The SMILES string of the molecule is C#Cc1ccc2nc(C3CCC(CC)CC3)n(CCC(=O)N(CC)C3CCCCC3)c2c1. The predicted octanol–water partition coefficient (Wildman–Crippen LogP) is 6.27. The van der Waals surface area contributed by atoms with Gasteiger partial charge in [0, 0.05) is 37.0 Å². The van der Waals surface area contributed by atoms with Crippen LogP contribution in [0.25, 0.3) is 11.0 Å².